The summed E-state index contributed by atoms with van der Waals surface area (Å²) in [7, 11) is -3.96. The van der Waals surface area contributed by atoms with Gasteiger partial charge >= 0.3 is 5.97 Å². The van der Waals surface area contributed by atoms with Crippen molar-refractivity contribution in [3.8, 4) is 0 Å². The summed E-state index contributed by atoms with van der Waals surface area (Å²) in [5.74, 6) is -0.967. The van der Waals surface area contributed by atoms with Gasteiger partial charge in [0.2, 0.25) is 5.91 Å². The topological polar surface area (TPSA) is 107 Å². The summed E-state index contributed by atoms with van der Waals surface area (Å²) in [5.41, 5.74) is 0.733. The molecule has 1 unspecified atom stereocenters. The lowest BCUT2D eigenvalue weighted by Gasteiger charge is -2.34. The number of amides is 1. The Kier molecular flexibility index (Phi) is 7.34. The number of aliphatic carboxylic acids is 1. The van der Waals surface area contributed by atoms with Crippen LogP contribution in [0.25, 0.3) is 0 Å². The molecule has 27 heavy (non-hydrogen) atoms. The molecule has 150 valence electrons. The van der Waals surface area contributed by atoms with Crippen molar-refractivity contribution in [3.63, 3.8) is 0 Å². The number of nitrogens with one attached hydrogen (secondary N) is 1. The monoisotopic (exact) mass is 397 g/mol. The molecule has 1 aliphatic rings. The maximum Gasteiger partial charge on any atom is 0.322 e. The molecule has 1 amide bonds. The summed E-state index contributed by atoms with van der Waals surface area (Å²) in [6, 6.07) is 7.61. The van der Waals surface area contributed by atoms with Crippen LogP contribution in [0.1, 0.15) is 25.8 Å². The Labute approximate surface area is 160 Å². The number of rotatable bonds is 8. The van der Waals surface area contributed by atoms with Crippen LogP contribution in [0.3, 0.4) is 0 Å². The van der Waals surface area contributed by atoms with E-state index in [1.54, 1.807) is 29.2 Å². The van der Waals surface area contributed by atoms with Crippen LogP contribution in [-0.2, 0) is 26.2 Å². The predicted molar refractivity (Wildman–Crippen MR) is 101 cm³/mol. The van der Waals surface area contributed by atoms with Gasteiger partial charge in [-0.1, -0.05) is 44.2 Å². The Morgan fingerprint density at radius 2 is 1.70 bits per heavy atom. The minimum absolute atomic E-state index is 0.0162. The fourth-order valence-corrected chi connectivity index (χ4v) is 4.28. The Morgan fingerprint density at radius 3 is 2.22 bits per heavy atom. The van der Waals surface area contributed by atoms with Crippen molar-refractivity contribution >= 4 is 22.1 Å². The molecule has 1 atom stereocenters. The fourth-order valence-electron chi connectivity index (χ4n) is 2.94. The van der Waals surface area contributed by atoms with Gasteiger partial charge in [-0.15, -0.1) is 0 Å². The first-order valence-electron chi connectivity index (χ1n) is 9.01. The van der Waals surface area contributed by atoms with E-state index in [-0.39, 0.29) is 31.3 Å². The van der Waals surface area contributed by atoms with Crippen LogP contribution in [0.15, 0.2) is 30.3 Å². The molecule has 1 aliphatic heterocycles. The van der Waals surface area contributed by atoms with Gasteiger partial charge in [0.05, 0.1) is 0 Å². The summed E-state index contributed by atoms with van der Waals surface area (Å²) < 4.78 is 28.7. The highest BCUT2D eigenvalue weighted by molar-refractivity contribution is 7.87. The second-order valence-electron chi connectivity index (χ2n) is 7.08. The minimum atomic E-state index is -3.96. The summed E-state index contributed by atoms with van der Waals surface area (Å²) in [6.45, 7) is 4.84. The molecule has 0 spiro atoms. The number of carbonyl (C=O) groups excluding carboxylic acids is 1. The molecule has 2 N–H and O–H groups in total. The van der Waals surface area contributed by atoms with Crippen LogP contribution in [-0.4, -0.2) is 66.8 Å². The Bertz CT molecular complexity index is 744. The second kappa shape index (κ2) is 9.29. The van der Waals surface area contributed by atoms with Gasteiger partial charge in [-0.3, -0.25) is 9.59 Å². The molecule has 0 aromatic heterocycles. The lowest BCUT2D eigenvalue weighted by atomic mass is 10.1. The molecular formula is C18H27N3O5S. The van der Waals surface area contributed by atoms with Crippen LogP contribution in [0.2, 0.25) is 0 Å². The molecule has 0 aliphatic carbocycles. The number of carboxylic acids is 1. The van der Waals surface area contributed by atoms with Gasteiger partial charge in [0.1, 0.15) is 6.04 Å². The zero-order valence-electron chi connectivity index (χ0n) is 15.7. The lowest BCUT2D eigenvalue weighted by molar-refractivity contribution is -0.139. The second-order valence-corrected chi connectivity index (χ2v) is 8.78. The van der Waals surface area contributed by atoms with Crippen molar-refractivity contribution in [2.45, 2.75) is 32.7 Å². The van der Waals surface area contributed by atoms with E-state index < -0.39 is 22.2 Å². The van der Waals surface area contributed by atoms with Crippen molar-refractivity contribution in [1.82, 2.24) is 13.9 Å². The van der Waals surface area contributed by atoms with Gasteiger partial charge in [-0.05, 0) is 17.9 Å². The largest absolute Gasteiger partial charge is 0.480 e. The van der Waals surface area contributed by atoms with Gasteiger partial charge in [0.15, 0.2) is 0 Å². The van der Waals surface area contributed by atoms with Crippen molar-refractivity contribution in [3.05, 3.63) is 35.9 Å². The first-order valence-corrected chi connectivity index (χ1v) is 10.4. The van der Waals surface area contributed by atoms with E-state index in [1.165, 1.54) is 4.31 Å². The average Bonchev–Trinajstić information content (AvgIpc) is 2.61. The molecule has 9 heteroatoms. The van der Waals surface area contributed by atoms with Crippen LogP contribution in [0.5, 0.6) is 0 Å². The first kappa shape index (κ1) is 21.3. The number of carbonyl (C=O) groups is 2. The highest BCUT2D eigenvalue weighted by Crippen LogP contribution is 2.12. The number of carboxylic acid groups (broad SMARTS) is 1. The molecule has 2 rings (SSSR count). The van der Waals surface area contributed by atoms with Gasteiger partial charge in [-0.25, -0.2) is 0 Å². The van der Waals surface area contributed by atoms with Crippen molar-refractivity contribution < 1.29 is 23.1 Å². The first-order chi connectivity index (χ1) is 12.7. The van der Waals surface area contributed by atoms with Crippen molar-refractivity contribution in [2.24, 2.45) is 5.92 Å². The number of piperazine rings is 1. The number of hydrogen-bond acceptors (Lipinski definition) is 4. The zero-order valence-corrected chi connectivity index (χ0v) is 16.5. The van der Waals surface area contributed by atoms with Crippen molar-refractivity contribution in [2.75, 3.05) is 26.2 Å². The van der Waals surface area contributed by atoms with Crippen LogP contribution in [0, 0.1) is 5.92 Å². The van der Waals surface area contributed by atoms with Crippen LogP contribution in [0.4, 0.5) is 0 Å². The number of nitrogens with zero attached hydrogens (tertiary/aromatic N) is 2. The van der Waals surface area contributed by atoms with E-state index in [0.717, 1.165) is 5.56 Å². The summed E-state index contributed by atoms with van der Waals surface area (Å²) >= 11 is 0. The third kappa shape index (κ3) is 6.30. The fraction of sp³-hybridized carbons (Fsp3) is 0.556. The molecule has 0 bridgehead atoms. The van der Waals surface area contributed by atoms with Crippen LogP contribution < -0.4 is 4.72 Å². The summed E-state index contributed by atoms with van der Waals surface area (Å²) in [6.07, 6.45) is 0.491. The van der Waals surface area contributed by atoms with Gasteiger partial charge < -0.3 is 10.0 Å². The highest BCUT2D eigenvalue weighted by Gasteiger charge is 2.32. The van der Waals surface area contributed by atoms with E-state index in [4.69, 9.17) is 0 Å². The van der Waals surface area contributed by atoms with Gasteiger partial charge in [0.25, 0.3) is 10.2 Å². The van der Waals surface area contributed by atoms with Crippen molar-refractivity contribution in [1.29, 1.82) is 0 Å². The molecule has 8 nitrogen and oxygen atoms in total. The third-order valence-electron chi connectivity index (χ3n) is 4.39. The van der Waals surface area contributed by atoms with Crippen LogP contribution >= 0.6 is 0 Å². The highest BCUT2D eigenvalue weighted by atomic mass is 32.2. The molecule has 1 heterocycles. The van der Waals surface area contributed by atoms with E-state index in [2.05, 4.69) is 4.72 Å². The standard InChI is InChI=1S/C18H27N3O5S/c1-14(2)12-17(22)20-8-10-21(11-9-20)27(25,26)19-16(18(23)24)13-15-6-4-3-5-7-15/h3-7,14,16,19H,8-13H2,1-2H3,(H,23,24). The minimum Gasteiger partial charge on any atom is -0.480 e. The van der Waals surface area contributed by atoms with E-state index >= 15 is 0 Å². The predicted octanol–water partition coefficient (Wildman–Crippen LogP) is 0.707. The molecule has 1 fully saturated rings. The maximum atomic E-state index is 12.6. The molecule has 0 radical (unpaired) electrons. The quantitative estimate of drug-likeness (QED) is 0.672. The van der Waals surface area contributed by atoms with Gasteiger partial charge in [-0.2, -0.15) is 17.4 Å². The Balaban J connectivity index is 1.97. The van der Waals surface area contributed by atoms with E-state index in [1.807, 2.05) is 19.9 Å². The third-order valence-corrected chi connectivity index (χ3v) is 6.01. The molecule has 1 aromatic rings. The number of benzene rings is 1. The average molecular weight is 397 g/mol. The maximum absolute atomic E-state index is 12.6. The summed E-state index contributed by atoms with van der Waals surface area (Å²) in [5, 5.41) is 9.40. The van der Waals surface area contributed by atoms with E-state index in [0.29, 0.717) is 19.5 Å². The van der Waals surface area contributed by atoms with E-state index in [9.17, 15) is 23.1 Å². The zero-order chi connectivity index (χ0) is 20.0. The van der Waals surface area contributed by atoms with Gasteiger partial charge in [0, 0.05) is 32.6 Å². The normalized spacial score (nSPS) is 17.1. The Morgan fingerprint density at radius 1 is 1.11 bits per heavy atom. The summed E-state index contributed by atoms with van der Waals surface area (Å²) in [4.78, 5) is 25.3. The Hall–Kier alpha value is -1.97. The number of hydrogen-bond donors (Lipinski definition) is 2. The molecule has 0 saturated carbocycles. The lowest BCUT2D eigenvalue weighted by Crippen LogP contribution is -2.56. The smallest absolute Gasteiger partial charge is 0.322 e. The SMILES string of the molecule is CC(C)CC(=O)N1CCN(S(=O)(=O)NC(Cc2ccccc2)C(=O)O)CC1. The molecule has 1 saturated heterocycles. The molecule has 1 aromatic carbocycles. The molecular weight excluding hydrogens is 370 g/mol.